The van der Waals surface area contributed by atoms with Gasteiger partial charge >= 0.3 is 0 Å². The highest BCUT2D eigenvalue weighted by molar-refractivity contribution is 9.10. The van der Waals surface area contributed by atoms with Gasteiger partial charge in [-0.2, -0.15) is 0 Å². The first-order valence-electron chi connectivity index (χ1n) is 4.97. The topological polar surface area (TPSA) is 55.1 Å². The van der Waals surface area contributed by atoms with Gasteiger partial charge in [-0.3, -0.25) is 4.79 Å². The van der Waals surface area contributed by atoms with Gasteiger partial charge in [-0.1, -0.05) is 22.9 Å². The molecule has 0 aliphatic carbocycles. The number of rotatable bonds is 4. The van der Waals surface area contributed by atoms with Gasteiger partial charge in [0.15, 0.2) is 0 Å². The quantitative estimate of drug-likeness (QED) is 0.889. The first kappa shape index (κ1) is 13.1. The van der Waals surface area contributed by atoms with Crippen LogP contribution >= 0.6 is 15.9 Å². The van der Waals surface area contributed by atoms with Crippen LogP contribution in [0.3, 0.4) is 0 Å². The zero-order valence-corrected chi connectivity index (χ0v) is 10.6. The molecule has 3 nitrogen and oxygen atoms in total. The maximum atomic E-state index is 13.0. The van der Waals surface area contributed by atoms with Crippen molar-refractivity contribution < 1.29 is 9.18 Å². The second-order valence-electron chi connectivity index (χ2n) is 3.71. The standard InChI is InChI=1S/C11H14BrFN2O/c1-7(5-14)6-15-11(16)8-2-9(12)4-10(13)3-8/h2-4,7H,5-6,14H2,1H3,(H,15,16). The molecule has 88 valence electrons. The molecule has 0 spiro atoms. The number of halogens is 2. The number of amides is 1. The molecule has 0 saturated carbocycles. The summed E-state index contributed by atoms with van der Waals surface area (Å²) in [6.07, 6.45) is 0. The SMILES string of the molecule is CC(CN)CNC(=O)c1cc(F)cc(Br)c1. The molecule has 1 aromatic carbocycles. The zero-order valence-electron chi connectivity index (χ0n) is 8.97. The molecule has 1 rings (SSSR count). The van der Waals surface area contributed by atoms with Crippen LogP contribution in [0, 0.1) is 11.7 Å². The molecule has 0 aliphatic rings. The van der Waals surface area contributed by atoms with E-state index in [1.54, 1.807) is 6.07 Å². The van der Waals surface area contributed by atoms with Crippen molar-refractivity contribution in [3.63, 3.8) is 0 Å². The summed E-state index contributed by atoms with van der Waals surface area (Å²) in [5, 5.41) is 2.70. The van der Waals surface area contributed by atoms with Crippen LogP contribution in [0.4, 0.5) is 4.39 Å². The fraction of sp³-hybridized carbons (Fsp3) is 0.364. The van der Waals surface area contributed by atoms with E-state index >= 15 is 0 Å². The Morgan fingerprint density at radius 3 is 2.81 bits per heavy atom. The summed E-state index contributed by atoms with van der Waals surface area (Å²) in [7, 11) is 0. The van der Waals surface area contributed by atoms with E-state index in [-0.39, 0.29) is 11.8 Å². The Balaban J connectivity index is 2.66. The lowest BCUT2D eigenvalue weighted by Crippen LogP contribution is -2.31. The van der Waals surface area contributed by atoms with Crippen LogP contribution in [0.1, 0.15) is 17.3 Å². The number of carbonyl (C=O) groups excluding carboxylic acids is 1. The van der Waals surface area contributed by atoms with Gasteiger partial charge in [0, 0.05) is 16.6 Å². The Morgan fingerprint density at radius 2 is 2.25 bits per heavy atom. The largest absolute Gasteiger partial charge is 0.352 e. The number of carbonyl (C=O) groups is 1. The minimum absolute atomic E-state index is 0.209. The third-order valence-electron chi connectivity index (χ3n) is 2.14. The highest BCUT2D eigenvalue weighted by Gasteiger charge is 2.09. The number of nitrogens with one attached hydrogen (secondary N) is 1. The lowest BCUT2D eigenvalue weighted by Gasteiger charge is -2.10. The molecule has 1 unspecified atom stereocenters. The smallest absolute Gasteiger partial charge is 0.251 e. The van der Waals surface area contributed by atoms with E-state index in [0.29, 0.717) is 23.1 Å². The molecule has 0 heterocycles. The molecule has 3 N–H and O–H groups in total. The van der Waals surface area contributed by atoms with Gasteiger partial charge in [-0.15, -0.1) is 0 Å². The van der Waals surface area contributed by atoms with Crippen molar-refractivity contribution >= 4 is 21.8 Å². The van der Waals surface area contributed by atoms with Crippen LogP contribution in [0.25, 0.3) is 0 Å². The Morgan fingerprint density at radius 1 is 1.56 bits per heavy atom. The van der Waals surface area contributed by atoms with Crippen molar-refractivity contribution in [1.29, 1.82) is 0 Å². The zero-order chi connectivity index (χ0) is 12.1. The first-order chi connectivity index (χ1) is 7.52. The number of benzene rings is 1. The second kappa shape index (κ2) is 5.96. The average molecular weight is 289 g/mol. The molecule has 5 heteroatoms. The van der Waals surface area contributed by atoms with Crippen molar-refractivity contribution in [3.8, 4) is 0 Å². The summed E-state index contributed by atoms with van der Waals surface area (Å²) in [4.78, 5) is 11.6. The van der Waals surface area contributed by atoms with Crippen LogP contribution in [-0.4, -0.2) is 19.0 Å². The van der Waals surface area contributed by atoms with Gasteiger partial charge in [0.1, 0.15) is 5.82 Å². The van der Waals surface area contributed by atoms with Gasteiger partial charge < -0.3 is 11.1 Å². The summed E-state index contributed by atoms with van der Waals surface area (Å²) in [5.74, 6) is -0.521. The van der Waals surface area contributed by atoms with Crippen LogP contribution in [0.5, 0.6) is 0 Å². The van der Waals surface area contributed by atoms with E-state index < -0.39 is 5.82 Å². The monoisotopic (exact) mass is 288 g/mol. The molecule has 0 aliphatic heterocycles. The minimum Gasteiger partial charge on any atom is -0.352 e. The Hall–Kier alpha value is -0.940. The molecule has 1 atom stereocenters. The molecule has 0 fully saturated rings. The Labute approximate surface area is 102 Å². The Kier molecular flexibility index (Phi) is 4.89. The van der Waals surface area contributed by atoms with Gasteiger partial charge in [0.25, 0.3) is 5.91 Å². The van der Waals surface area contributed by atoms with Crippen molar-refractivity contribution in [2.24, 2.45) is 11.7 Å². The van der Waals surface area contributed by atoms with E-state index in [2.05, 4.69) is 21.2 Å². The summed E-state index contributed by atoms with van der Waals surface area (Å²) < 4.78 is 13.6. The van der Waals surface area contributed by atoms with Gasteiger partial charge in [0.2, 0.25) is 0 Å². The van der Waals surface area contributed by atoms with Crippen molar-refractivity contribution in [3.05, 3.63) is 34.1 Å². The highest BCUT2D eigenvalue weighted by Crippen LogP contribution is 2.14. The molecule has 1 aromatic rings. The van der Waals surface area contributed by atoms with E-state index in [1.165, 1.54) is 12.1 Å². The maximum absolute atomic E-state index is 13.0. The van der Waals surface area contributed by atoms with E-state index in [1.807, 2.05) is 6.92 Å². The molecule has 0 aromatic heterocycles. The molecule has 16 heavy (non-hydrogen) atoms. The summed E-state index contributed by atoms with van der Waals surface area (Å²) >= 11 is 3.13. The van der Waals surface area contributed by atoms with Crippen LogP contribution in [0.2, 0.25) is 0 Å². The van der Waals surface area contributed by atoms with Gasteiger partial charge in [0.05, 0.1) is 0 Å². The highest BCUT2D eigenvalue weighted by atomic mass is 79.9. The molecular formula is C11H14BrFN2O. The third kappa shape index (κ3) is 3.90. The fourth-order valence-electron chi connectivity index (χ4n) is 1.14. The number of hydrogen-bond acceptors (Lipinski definition) is 2. The van der Waals surface area contributed by atoms with Crippen LogP contribution < -0.4 is 11.1 Å². The lowest BCUT2D eigenvalue weighted by atomic mass is 10.1. The minimum atomic E-state index is -0.439. The maximum Gasteiger partial charge on any atom is 0.251 e. The number of nitrogens with two attached hydrogens (primary N) is 1. The van der Waals surface area contributed by atoms with Crippen molar-refractivity contribution in [2.75, 3.05) is 13.1 Å². The fourth-order valence-corrected chi connectivity index (χ4v) is 1.60. The van der Waals surface area contributed by atoms with Crippen molar-refractivity contribution in [1.82, 2.24) is 5.32 Å². The van der Waals surface area contributed by atoms with Crippen molar-refractivity contribution in [2.45, 2.75) is 6.92 Å². The van der Waals surface area contributed by atoms with Crippen LogP contribution in [0.15, 0.2) is 22.7 Å². The summed E-state index contributed by atoms with van der Waals surface area (Å²) in [6, 6.07) is 4.08. The molecule has 0 bridgehead atoms. The van der Waals surface area contributed by atoms with E-state index in [0.717, 1.165) is 0 Å². The predicted molar refractivity (Wildman–Crippen MR) is 64.7 cm³/mol. The molecular weight excluding hydrogens is 275 g/mol. The molecule has 0 radical (unpaired) electrons. The summed E-state index contributed by atoms with van der Waals surface area (Å²) in [5.41, 5.74) is 5.73. The Bertz CT molecular complexity index is 364. The average Bonchev–Trinajstić information content (AvgIpc) is 2.23. The lowest BCUT2D eigenvalue weighted by molar-refractivity contribution is 0.0948. The first-order valence-corrected chi connectivity index (χ1v) is 5.76. The summed E-state index contributed by atoms with van der Waals surface area (Å²) in [6.45, 7) is 2.93. The van der Waals surface area contributed by atoms with Gasteiger partial charge in [-0.05, 0) is 30.7 Å². The van der Waals surface area contributed by atoms with E-state index in [4.69, 9.17) is 5.73 Å². The second-order valence-corrected chi connectivity index (χ2v) is 4.62. The van der Waals surface area contributed by atoms with E-state index in [9.17, 15) is 9.18 Å². The molecule has 1 amide bonds. The van der Waals surface area contributed by atoms with Crippen LogP contribution in [-0.2, 0) is 0 Å². The normalized spacial score (nSPS) is 12.2. The van der Waals surface area contributed by atoms with Gasteiger partial charge in [-0.25, -0.2) is 4.39 Å². The predicted octanol–water partition coefficient (Wildman–Crippen LogP) is 1.91. The third-order valence-corrected chi connectivity index (χ3v) is 2.60. The molecule has 0 saturated heterocycles. The number of hydrogen-bond donors (Lipinski definition) is 2.